The summed E-state index contributed by atoms with van der Waals surface area (Å²) in [6.07, 6.45) is 5.76. The smallest absolute Gasteiger partial charge is 0.232 e. The van der Waals surface area contributed by atoms with Crippen molar-refractivity contribution in [3.8, 4) is 0 Å². The van der Waals surface area contributed by atoms with Crippen LogP contribution in [0.2, 0.25) is 0 Å². The molecule has 28 heavy (non-hydrogen) atoms. The number of nitrogens with zero attached hydrogens (tertiary/aromatic N) is 5. The zero-order valence-electron chi connectivity index (χ0n) is 16.1. The van der Waals surface area contributed by atoms with E-state index in [1.165, 1.54) is 11.8 Å². The highest BCUT2D eigenvalue weighted by molar-refractivity contribution is 7.99. The van der Waals surface area contributed by atoms with Crippen molar-refractivity contribution in [2.45, 2.75) is 29.9 Å². The first-order valence-electron chi connectivity index (χ1n) is 9.26. The number of methoxy groups -OCH3 is 1. The molecule has 0 radical (unpaired) electrons. The SMILES string of the molecule is COCCNC(=S)Nc1nc(Sc2ncccn2)cc(N2CCC(C)CC2)n1. The standard InChI is InChI=1S/C18H25N7OS2/c1-13-4-9-25(10-5-13)14-12-15(28-18-20-6-3-7-21-18)23-16(22-14)24-17(27)19-8-11-26-2/h3,6-7,12-13H,4-5,8-11H2,1-2H3,(H2,19,22,23,24,27). The van der Waals surface area contributed by atoms with E-state index in [-0.39, 0.29) is 0 Å². The molecule has 0 spiro atoms. The molecular weight excluding hydrogens is 394 g/mol. The number of hydrogen-bond acceptors (Lipinski definition) is 8. The molecule has 2 N–H and O–H groups in total. The number of aromatic nitrogens is 4. The lowest BCUT2D eigenvalue weighted by Gasteiger charge is -2.31. The van der Waals surface area contributed by atoms with E-state index in [1.807, 2.05) is 6.07 Å². The molecule has 0 aliphatic carbocycles. The zero-order chi connectivity index (χ0) is 19.8. The van der Waals surface area contributed by atoms with E-state index in [2.05, 4.69) is 42.4 Å². The Bertz CT molecular complexity index is 770. The summed E-state index contributed by atoms with van der Waals surface area (Å²) in [6, 6.07) is 3.78. The maximum Gasteiger partial charge on any atom is 0.232 e. The predicted molar refractivity (Wildman–Crippen MR) is 115 cm³/mol. The third-order valence-electron chi connectivity index (χ3n) is 4.35. The van der Waals surface area contributed by atoms with Gasteiger partial charge in [-0.1, -0.05) is 6.92 Å². The fourth-order valence-corrected chi connectivity index (χ4v) is 3.67. The quantitative estimate of drug-likeness (QED) is 0.302. The van der Waals surface area contributed by atoms with Crippen LogP contribution in [0.3, 0.4) is 0 Å². The monoisotopic (exact) mass is 419 g/mol. The van der Waals surface area contributed by atoms with Gasteiger partial charge in [-0.15, -0.1) is 0 Å². The molecule has 3 heterocycles. The number of thiocarbonyl (C=S) groups is 1. The molecule has 10 heteroatoms. The maximum atomic E-state index is 5.33. The van der Waals surface area contributed by atoms with Gasteiger partial charge in [0.15, 0.2) is 10.3 Å². The Morgan fingerprint density at radius 3 is 2.75 bits per heavy atom. The second kappa shape index (κ2) is 10.5. The van der Waals surface area contributed by atoms with Crippen molar-refractivity contribution < 1.29 is 4.74 Å². The lowest BCUT2D eigenvalue weighted by atomic mass is 9.99. The molecule has 3 rings (SSSR count). The summed E-state index contributed by atoms with van der Waals surface area (Å²) in [6.45, 7) is 5.45. The Morgan fingerprint density at radius 2 is 2.04 bits per heavy atom. The number of anilines is 2. The van der Waals surface area contributed by atoms with E-state index in [4.69, 9.17) is 17.0 Å². The van der Waals surface area contributed by atoms with E-state index in [9.17, 15) is 0 Å². The lowest BCUT2D eigenvalue weighted by Crippen LogP contribution is -2.34. The summed E-state index contributed by atoms with van der Waals surface area (Å²) >= 11 is 6.74. The predicted octanol–water partition coefficient (Wildman–Crippen LogP) is 2.59. The van der Waals surface area contributed by atoms with Gasteiger partial charge in [-0.05, 0) is 48.8 Å². The first-order chi connectivity index (χ1) is 13.6. The Morgan fingerprint density at radius 1 is 1.29 bits per heavy atom. The van der Waals surface area contributed by atoms with E-state index in [1.54, 1.807) is 25.6 Å². The highest BCUT2D eigenvalue weighted by Gasteiger charge is 2.19. The number of rotatable bonds is 7. The Hall–Kier alpha value is -2.04. The van der Waals surface area contributed by atoms with Gasteiger partial charge in [-0.3, -0.25) is 0 Å². The summed E-state index contributed by atoms with van der Waals surface area (Å²) < 4.78 is 5.03. The summed E-state index contributed by atoms with van der Waals surface area (Å²) in [5, 5.41) is 8.04. The summed E-state index contributed by atoms with van der Waals surface area (Å²) in [4.78, 5) is 20.1. The van der Waals surface area contributed by atoms with Crippen molar-refractivity contribution in [1.29, 1.82) is 0 Å². The number of nitrogens with one attached hydrogen (secondary N) is 2. The normalized spacial score (nSPS) is 14.7. The van der Waals surface area contributed by atoms with Crippen molar-refractivity contribution in [3.05, 3.63) is 24.5 Å². The minimum Gasteiger partial charge on any atom is -0.383 e. The van der Waals surface area contributed by atoms with Crippen LogP contribution in [-0.2, 0) is 4.74 Å². The molecular formula is C18H25N7OS2. The molecule has 1 saturated heterocycles. The van der Waals surface area contributed by atoms with Gasteiger partial charge in [0.2, 0.25) is 5.95 Å². The van der Waals surface area contributed by atoms with Gasteiger partial charge in [0, 0.05) is 45.2 Å². The summed E-state index contributed by atoms with van der Waals surface area (Å²) in [7, 11) is 1.65. The molecule has 1 aliphatic rings. The lowest BCUT2D eigenvalue weighted by molar-refractivity contribution is 0.204. The minimum atomic E-state index is 0.462. The fourth-order valence-electron chi connectivity index (χ4n) is 2.76. The van der Waals surface area contributed by atoms with Gasteiger partial charge in [-0.25, -0.2) is 15.0 Å². The second-order valence-corrected chi connectivity index (χ2v) is 7.96. The number of piperidine rings is 1. The molecule has 0 aromatic carbocycles. The Labute approximate surface area is 174 Å². The van der Waals surface area contributed by atoms with Crippen LogP contribution in [0.25, 0.3) is 0 Å². The van der Waals surface area contributed by atoms with Gasteiger partial charge in [0.25, 0.3) is 0 Å². The van der Waals surface area contributed by atoms with Gasteiger partial charge in [-0.2, -0.15) is 4.98 Å². The molecule has 1 aliphatic heterocycles. The van der Waals surface area contributed by atoms with Gasteiger partial charge < -0.3 is 20.3 Å². The van der Waals surface area contributed by atoms with Crippen LogP contribution in [-0.4, -0.2) is 58.4 Å². The molecule has 0 atom stereocenters. The van der Waals surface area contributed by atoms with E-state index in [0.717, 1.165) is 42.7 Å². The van der Waals surface area contributed by atoms with Crippen molar-refractivity contribution in [2.75, 3.05) is 43.6 Å². The molecule has 0 bridgehead atoms. The first kappa shape index (κ1) is 20.7. The minimum absolute atomic E-state index is 0.462. The molecule has 2 aromatic heterocycles. The Balaban J connectivity index is 1.78. The molecule has 8 nitrogen and oxygen atoms in total. The van der Waals surface area contributed by atoms with Crippen LogP contribution >= 0.6 is 24.0 Å². The van der Waals surface area contributed by atoms with Crippen molar-refractivity contribution in [2.24, 2.45) is 5.92 Å². The molecule has 0 unspecified atom stereocenters. The van der Waals surface area contributed by atoms with Crippen molar-refractivity contribution >= 4 is 40.9 Å². The van der Waals surface area contributed by atoms with Crippen LogP contribution < -0.4 is 15.5 Å². The van der Waals surface area contributed by atoms with E-state index in [0.29, 0.717) is 29.4 Å². The van der Waals surface area contributed by atoms with E-state index < -0.39 is 0 Å². The van der Waals surface area contributed by atoms with Gasteiger partial charge >= 0.3 is 0 Å². The molecule has 1 fully saturated rings. The molecule has 150 valence electrons. The number of ether oxygens (including phenoxy) is 1. The van der Waals surface area contributed by atoms with Gasteiger partial charge in [0.1, 0.15) is 10.8 Å². The molecule has 0 amide bonds. The third kappa shape index (κ3) is 6.25. The summed E-state index contributed by atoms with van der Waals surface area (Å²) in [5.74, 6) is 2.10. The van der Waals surface area contributed by atoms with Gasteiger partial charge in [0.05, 0.1) is 6.61 Å². The highest BCUT2D eigenvalue weighted by atomic mass is 32.2. The van der Waals surface area contributed by atoms with Crippen molar-refractivity contribution in [3.63, 3.8) is 0 Å². The van der Waals surface area contributed by atoms with Crippen LogP contribution in [0.15, 0.2) is 34.7 Å². The zero-order valence-corrected chi connectivity index (χ0v) is 17.7. The van der Waals surface area contributed by atoms with Crippen LogP contribution in [0.1, 0.15) is 19.8 Å². The number of hydrogen-bond donors (Lipinski definition) is 2. The average Bonchev–Trinajstić information content (AvgIpc) is 2.69. The average molecular weight is 420 g/mol. The second-order valence-electron chi connectivity index (χ2n) is 6.56. The van der Waals surface area contributed by atoms with Crippen LogP contribution in [0.4, 0.5) is 11.8 Å². The summed E-state index contributed by atoms with van der Waals surface area (Å²) in [5.41, 5.74) is 0. The first-order valence-corrected chi connectivity index (χ1v) is 10.5. The maximum absolute atomic E-state index is 5.33. The topological polar surface area (TPSA) is 88.1 Å². The van der Waals surface area contributed by atoms with Crippen LogP contribution in [0, 0.1) is 5.92 Å². The third-order valence-corrected chi connectivity index (χ3v) is 5.41. The molecule has 0 saturated carbocycles. The Kier molecular flexibility index (Phi) is 7.75. The van der Waals surface area contributed by atoms with Crippen LogP contribution in [0.5, 0.6) is 0 Å². The largest absolute Gasteiger partial charge is 0.383 e. The van der Waals surface area contributed by atoms with E-state index >= 15 is 0 Å². The fraction of sp³-hybridized carbons (Fsp3) is 0.500. The van der Waals surface area contributed by atoms with Crippen molar-refractivity contribution in [1.82, 2.24) is 25.3 Å². The molecule has 2 aromatic rings. The highest BCUT2D eigenvalue weighted by Crippen LogP contribution is 2.28.